The van der Waals surface area contributed by atoms with Crippen LogP contribution in [0.4, 0.5) is 5.69 Å². The van der Waals surface area contributed by atoms with Crippen molar-refractivity contribution in [2.24, 2.45) is 0 Å². The lowest BCUT2D eigenvalue weighted by Crippen LogP contribution is -2.51. The molecule has 1 heterocycles. The molecule has 1 aliphatic heterocycles. The van der Waals surface area contributed by atoms with E-state index >= 15 is 0 Å². The van der Waals surface area contributed by atoms with E-state index in [1.165, 1.54) is 4.31 Å². The summed E-state index contributed by atoms with van der Waals surface area (Å²) in [5, 5.41) is 8.29. The van der Waals surface area contributed by atoms with Gasteiger partial charge in [-0.3, -0.25) is 0 Å². The van der Waals surface area contributed by atoms with Gasteiger partial charge in [0, 0.05) is 31.9 Å². The van der Waals surface area contributed by atoms with Gasteiger partial charge in [-0.2, -0.15) is 4.31 Å². The van der Waals surface area contributed by atoms with Gasteiger partial charge in [-0.15, -0.1) is 0 Å². The second kappa shape index (κ2) is 5.90. The van der Waals surface area contributed by atoms with Crippen molar-refractivity contribution in [2.75, 3.05) is 37.7 Å². The Morgan fingerprint density at radius 2 is 1.74 bits per heavy atom. The van der Waals surface area contributed by atoms with E-state index in [0.29, 0.717) is 26.2 Å². The number of sulfonamides is 1. The quantitative estimate of drug-likeness (QED) is 0.875. The Balaban J connectivity index is 2.00. The van der Waals surface area contributed by atoms with Gasteiger partial charge in [0.05, 0.1) is 11.9 Å². The molecule has 1 unspecified atom stereocenters. The number of benzene rings is 1. The molecular formula is C13H20N2O3S. The first-order chi connectivity index (χ1) is 9.05. The summed E-state index contributed by atoms with van der Waals surface area (Å²) in [5.74, 6) is 0. The number of nitrogens with zero attached hydrogens (tertiary/aromatic N) is 2. The molecule has 0 aromatic heterocycles. The fraction of sp³-hybridized carbons (Fsp3) is 0.538. The molecule has 1 fully saturated rings. The molecule has 19 heavy (non-hydrogen) atoms. The Labute approximate surface area is 114 Å². The van der Waals surface area contributed by atoms with Crippen LogP contribution >= 0.6 is 0 Å². The average Bonchev–Trinajstić information content (AvgIpc) is 2.47. The maximum absolute atomic E-state index is 12.1. The fourth-order valence-corrected chi connectivity index (χ4v) is 3.56. The monoisotopic (exact) mass is 284 g/mol. The molecular weight excluding hydrogens is 264 g/mol. The third-order valence-electron chi connectivity index (χ3n) is 3.49. The number of rotatable bonds is 4. The summed E-state index contributed by atoms with van der Waals surface area (Å²) < 4.78 is 25.7. The van der Waals surface area contributed by atoms with E-state index in [0.717, 1.165) is 5.69 Å². The standard InChI is InChI=1S/C13H20N2O3S/c1-12(11-16)19(17,18)15-9-7-14(8-10-15)13-5-3-2-4-6-13/h2-6,12,16H,7-11H2,1H3. The summed E-state index contributed by atoms with van der Waals surface area (Å²) in [6, 6.07) is 9.98. The molecule has 1 saturated heterocycles. The Kier molecular flexibility index (Phi) is 4.44. The molecule has 6 heteroatoms. The molecule has 0 spiro atoms. The molecule has 2 rings (SSSR count). The van der Waals surface area contributed by atoms with Gasteiger partial charge in [-0.05, 0) is 19.1 Å². The number of hydrogen-bond acceptors (Lipinski definition) is 4. The predicted molar refractivity (Wildman–Crippen MR) is 75.7 cm³/mol. The van der Waals surface area contributed by atoms with Gasteiger partial charge >= 0.3 is 0 Å². The summed E-state index contributed by atoms with van der Waals surface area (Å²) in [4.78, 5) is 2.18. The van der Waals surface area contributed by atoms with Crippen molar-refractivity contribution in [1.82, 2.24) is 4.31 Å². The second-order valence-electron chi connectivity index (χ2n) is 4.76. The van der Waals surface area contributed by atoms with Crippen LogP contribution in [0.2, 0.25) is 0 Å². The molecule has 0 radical (unpaired) electrons. The number of anilines is 1. The maximum Gasteiger partial charge on any atom is 0.219 e. The number of piperazine rings is 1. The van der Waals surface area contributed by atoms with Crippen LogP contribution in [0.25, 0.3) is 0 Å². The minimum Gasteiger partial charge on any atom is -0.395 e. The van der Waals surface area contributed by atoms with Crippen LogP contribution in [-0.4, -0.2) is 55.9 Å². The zero-order valence-corrected chi connectivity index (χ0v) is 11.9. The summed E-state index contributed by atoms with van der Waals surface area (Å²) in [5.41, 5.74) is 1.12. The van der Waals surface area contributed by atoms with Crippen molar-refractivity contribution >= 4 is 15.7 Å². The Bertz CT molecular complexity index is 496. The third-order valence-corrected chi connectivity index (χ3v) is 5.74. The van der Waals surface area contributed by atoms with Gasteiger partial charge < -0.3 is 10.0 Å². The van der Waals surface area contributed by atoms with Gasteiger partial charge in [0.1, 0.15) is 0 Å². The van der Waals surface area contributed by atoms with Gasteiger partial charge in [0.15, 0.2) is 0 Å². The van der Waals surface area contributed by atoms with Gasteiger partial charge in [0.25, 0.3) is 0 Å². The van der Waals surface area contributed by atoms with Gasteiger partial charge in [0.2, 0.25) is 10.0 Å². The summed E-state index contributed by atoms with van der Waals surface area (Å²) in [7, 11) is -3.36. The highest BCUT2D eigenvalue weighted by Crippen LogP contribution is 2.18. The van der Waals surface area contributed by atoms with E-state index in [-0.39, 0.29) is 6.61 Å². The molecule has 0 aliphatic carbocycles. The molecule has 0 bridgehead atoms. The van der Waals surface area contributed by atoms with E-state index in [4.69, 9.17) is 5.11 Å². The smallest absolute Gasteiger partial charge is 0.219 e. The number of hydrogen-bond donors (Lipinski definition) is 1. The molecule has 0 amide bonds. The van der Waals surface area contributed by atoms with E-state index in [2.05, 4.69) is 4.90 Å². The topological polar surface area (TPSA) is 60.9 Å². The molecule has 0 saturated carbocycles. The number of aliphatic hydroxyl groups excluding tert-OH is 1. The van der Waals surface area contributed by atoms with Crippen molar-refractivity contribution in [3.05, 3.63) is 30.3 Å². The zero-order chi connectivity index (χ0) is 13.9. The van der Waals surface area contributed by atoms with Crippen molar-refractivity contribution < 1.29 is 13.5 Å². The SMILES string of the molecule is CC(CO)S(=O)(=O)N1CCN(c2ccccc2)CC1. The largest absolute Gasteiger partial charge is 0.395 e. The summed E-state index contributed by atoms with van der Waals surface area (Å²) in [6.45, 7) is 3.52. The highest BCUT2D eigenvalue weighted by atomic mass is 32.2. The minimum absolute atomic E-state index is 0.332. The fourth-order valence-electron chi connectivity index (χ4n) is 2.19. The minimum atomic E-state index is -3.36. The van der Waals surface area contributed by atoms with E-state index in [1.807, 2.05) is 30.3 Å². The second-order valence-corrected chi connectivity index (χ2v) is 7.11. The molecule has 1 N–H and O–H groups in total. The lowest BCUT2D eigenvalue weighted by Gasteiger charge is -2.36. The summed E-state index contributed by atoms with van der Waals surface area (Å²) >= 11 is 0. The van der Waals surface area contributed by atoms with Gasteiger partial charge in [-0.1, -0.05) is 18.2 Å². The molecule has 5 nitrogen and oxygen atoms in total. The first-order valence-corrected chi connectivity index (χ1v) is 7.96. The van der Waals surface area contributed by atoms with Crippen LogP contribution in [0.1, 0.15) is 6.92 Å². The first kappa shape index (κ1) is 14.3. The van der Waals surface area contributed by atoms with E-state index in [1.54, 1.807) is 6.92 Å². The van der Waals surface area contributed by atoms with Crippen molar-refractivity contribution in [3.63, 3.8) is 0 Å². The predicted octanol–water partition coefficient (Wildman–Crippen LogP) is 0.519. The Morgan fingerprint density at radius 3 is 2.26 bits per heavy atom. The normalized spacial score (nSPS) is 19.4. The molecule has 1 aromatic carbocycles. The van der Waals surface area contributed by atoms with Crippen molar-refractivity contribution in [3.8, 4) is 0 Å². The van der Waals surface area contributed by atoms with Crippen LogP contribution in [0.5, 0.6) is 0 Å². The molecule has 1 aliphatic rings. The summed E-state index contributed by atoms with van der Waals surface area (Å²) in [6.07, 6.45) is 0. The molecule has 1 aromatic rings. The Morgan fingerprint density at radius 1 is 1.16 bits per heavy atom. The van der Waals surface area contributed by atoms with E-state index in [9.17, 15) is 8.42 Å². The number of para-hydroxylation sites is 1. The van der Waals surface area contributed by atoms with Crippen LogP contribution in [0, 0.1) is 0 Å². The molecule has 1 atom stereocenters. The van der Waals surface area contributed by atoms with Crippen molar-refractivity contribution in [1.29, 1.82) is 0 Å². The van der Waals surface area contributed by atoms with Crippen LogP contribution < -0.4 is 4.90 Å². The van der Waals surface area contributed by atoms with Crippen LogP contribution in [0.15, 0.2) is 30.3 Å². The third kappa shape index (κ3) is 3.08. The Hall–Kier alpha value is -1.11. The average molecular weight is 284 g/mol. The van der Waals surface area contributed by atoms with Crippen LogP contribution in [0.3, 0.4) is 0 Å². The lowest BCUT2D eigenvalue weighted by atomic mass is 10.2. The van der Waals surface area contributed by atoms with Gasteiger partial charge in [-0.25, -0.2) is 8.42 Å². The highest BCUT2D eigenvalue weighted by molar-refractivity contribution is 7.89. The molecule has 106 valence electrons. The number of aliphatic hydroxyl groups is 1. The van der Waals surface area contributed by atoms with Crippen LogP contribution in [-0.2, 0) is 10.0 Å². The van der Waals surface area contributed by atoms with E-state index < -0.39 is 15.3 Å². The lowest BCUT2D eigenvalue weighted by molar-refractivity contribution is 0.287. The highest BCUT2D eigenvalue weighted by Gasteiger charge is 2.31. The first-order valence-electron chi connectivity index (χ1n) is 6.45. The zero-order valence-electron chi connectivity index (χ0n) is 11.1. The van der Waals surface area contributed by atoms with Crippen molar-refractivity contribution in [2.45, 2.75) is 12.2 Å². The maximum atomic E-state index is 12.1.